The number of carboxylic acids is 2. The van der Waals surface area contributed by atoms with Gasteiger partial charge in [-0.1, -0.05) is 0 Å². The summed E-state index contributed by atoms with van der Waals surface area (Å²) in [5.41, 5.74) is 5.91. The first-order chi connectivity index (χ1) is 16.4. The van der Waals surface area contributed by atoms with E-state index in [1.807, 2.05) is 0 Å². The second-order valence-corrected chi connectivity index (χ2v) is 8.20. The van der Waals surface area contributed by atoms with E-state index in [-0.39, 0.29) is 42.3 Å². The fraction of sp³-hybridized carbons (Fsp3) is 0.455. The predicted molar refractivity (Wildman–Crippen MR) is 117 cm³/mol. The highest BCUT2D eigenvalue weighted by atomic mass is 19.2. The van der Waals surface area contributed by atoms with Crippen molar-refractivity contribution in [2.45, 2.75) is 31.3 Å². The molecule has 13 heteroatoms. The Bertz CT molecular complexity index is 990. The third-order valence-corrected chi connectivity index (χ3v) is 5.75. The minimum atomic E-state index is -1.26. The number of nitrogens with two attached hydrogens (primary N) is 1. The number of fused-ring (bicyclic) bond motifs is 1. The smallest absolute Gasteiger partial charge is 0.328 e. The lowest BCUT2D eigenvalue weighted by Gasteiger charge is -2.26. The SMILES string of the molecule is CNC(=O)N1C[C@@H]2CCN(C(=O)CC(N)Cc3cc(F)c(F)cc3F)[C@@H]2C1.O=C(O)C=CC(=O)O. The minimum Gasteiger partial charge on any atom is -0.478 e. The number of amides is 3. The summed E-state index contributed by atoms with van der Waals surface area (Å²) >= 11 is 0. The van der Waals surface area contributed by atoms with Gasteiger partial charge < -0.3 is 31.1 Å². The third-order valence-electron chi connectivity index (χ3n) is 5.75. The number of hydrogen-bond donors (Lipinski definition) is 4. The third kappa shape index (κ3) is 7.70. The van der Waals surface area contributed by atoms with Crippen LogP contribution in [0.25, 0.3) is 0 Å². The minimum absolute atomic E-state index is 0.0262. The molecule has 0 spiro atoms. The van der Waals surface area contributed by atoms with E-state index < -0.39 is 35.4 Å². The van der Waals surface area contributed by atoms with Crippen molar-refractivity contribution in [2.24, 2.45) is 11.7 Å². The van der Waals surface area contributed by atoms with Gasteiger partial charge in [0.25, 0.3) is 0 Å². The van der Waals surface area contributed by atoms with Crippen molar-refractivity contribution in [2.75, 3.05) is 26.7 Å². The van der Waals surface area contributed by atoms with Crippen LogP contribution in [0.2, 0.25) is 0 Å². The number of aliphatic carboxylic acids is 2. The topological polar surface area (TPSA) is 153 Å². The van der Waals surface area contributed by atoms with Crippen molar-refractivity contribution in [3.63, 3.8) is 0 Å². The van der Waals surface area contributed by atoms with Gasteiger partial charge in [0.05, 0.1) is 6.04 Å². The Morgan fingerprint density at radius 2 is 1.69 bits per heavy atom. The number of carbonyl (C=O) groups is 4. The van der Waals surface area contributed by atoms with Crippen LogP contribution < -0.4 is 11.1 Å². The van der Waals surface area contributed by atoms with Crippen molar-refractivity contribution < 1.29 is 42.6 Å². The van der Waals surface area contributed by atoms with E-state index >= 15 is 0 Å². The molecule has 3 amide bonds. The van der Waals surface area contributed by atoms with E-state index in [9.17, 15) is 32.3 Å². The molecular formula is C22H27F3N4O6. The number of urea groups is 1. The predicted octanol–water partition coefficient (Wildman–Crippen LogP) is 0.948. The first-order valence-corrected chi connectivity index (χ1v) is 10.7. The molecule has 2 aliphatic heterocycles. The Balaban J connectivity index is 0.000000466. The zero-order valence-corrected chi connectivity index (χ0v) is 18.9. The van der Waals surface area contributed by atoms with Crippen molar-refractivity contribution in [1.29, 1.82) is 0 Å². The van der Waals surface area contributed by atoms with Gasteiger partial charge in [-0.15, -0.1) is 0 Å². The summed E-state index contributed by atoms with van der Waals surface area (Å²) in [7, 11) is 1.57. The second kappa shape index (κ2) is 12.2. The first kappa shape index (κ1) is 27.6. The van der Waals surface area contributed by atoms with E-state index in [2.05, 4.69) is 5.32 Å². The number of halogens is 3. The highest BCUT2D eigenvalue weighted by Crippen LogP contribution is 2.32. The summed E-state index contributed by atoms with van der Waals surface area (Å²) in [5, 5.41) is 18.2. The molecule has 0 bridgehead atoms. The molecule has 0 saturated carbocycles. The van der Waals surface area contributed by atoms with Gasteiger partial charge in [0.15, 0.2) is 11.6 Å². The summed E-state index contributed by atoms with van der Waals surface area (Å²) in [6, 6.07) is 0.339. The molecular weight excluding hydrogens is 473 g/mol. The average Bonchev–Trinajstić information content (AvgIpc) is 3.37. The lowest BCUT2D eigenvalue weighted by atomic mass is 10.0. The van der Waals surface area contributed by atoms with Gasteiger partial charge >= 0.3 is 18.0 Å². The number of hydrogen-bond acceptors (Lipinski definition) is 5. The monoisotopic (exact) mass is 500 g/mol. The maximum absolute atomic E-state index is 13.8. The molecule has 10 nitrogen and oxygen atoms in total. The standard InChI is InChI=1S/C18H23F3N4O2.C4H4O4/c1-23-18(27)24-8-10-2-3-25(16(10)9-24)17(26)6-12(22)4-11-5-14(20)15(21)7-13(11)19;5-3(6)1-2-4(7)8/h5,7,10,12,16H,2-4,6,8-9,22H2,1H3,(H,23,27);1-2H,(H,5,6)(H,7,8)/t10-,12?,16+;/m0./s1. The number of nitrogens with one attached hydrogen (secondary N) is 1. The molecule has 2 fully saturated rings. The van der Waals surface area contributed by atoms with E-state index in [4.69, 9.17) is 15.9 Å². The maximum Gasteiger partial charge on any atom is 0.328 e. The fourth-order valence-electron chi connectivity index (χ4n) is 4.15. The molecule has 1 aromatic rings. The summed E-state index contributed by atoms with van der Waals surface area (Å²) in [5.74, 6) is -5.73. The van der Waals surface area contributed by atoms with E-state index in [1.165, 1.54) is 0 Å². The highest BCUT2D eigenvalue weighted by Gasteiger charge is 2.44. The van der Waals surface area contributed by atoms with Crippen molar-refractivity contribution in [1.82, 2.24) is 15.1 Å². The van der Waals surface area contributed by atoms with Crippen LogP contribution in [0.15, 0.2) is 24.3 Å². The molecule has 0 radical (unpaired) electrons. The summed E-state index contributed by atoms with van der Waals surface area (Å²) in [4.78, 5) is 46.9. The van der Waals surface area contributed by atoms with E-state index in [1.54, 1.807) is 16.8 Å². The Hall–Kier alpha value is -3.61. The van der Waals surface area contributed by atoms with Crippen LogP contribution in [0.1, 0.15) is 18.4 Å². The molecule has 0 aromatic heterocycles. The molecule has 0 aliphatic carbocycles. The van der Waals surface area contributed by atoms with Gasteiger partial charge in [0, 0.05) is 63.3 Å². The molecule has 35 heavy (non-hydrogen) atoms. The number of carboxylic acid groups (broad SMARTS) is 2. The van der Waals surface area contributed by atoms with Gasteiger partial charge in [0.1, 0.15) is 5.82 Å². The lowest BCUT2D eigenvalue weighted by molar-refractivity contribution is -0.134. The Morgan fingerprint density at radius 3 is 2.26 bits per heavy atom. The summed E-state index contributed by atoms with van der Waals surface area (Å²) in [6.45, 7) is 1.69. The maximum atomic E-state index is 13.8. The largest absolute Gasteiger partial charge is 0.478 e. The molecule has 3 atom stereocenters. The van der Waals surface area contributed by atoms with Crippen LogP contribution in [-0.2, 0) is 20.8 Å². The second-order valence-electron chi connectivity index (χ2n) is 8.20. The Kier molecular flexibility index (Phi) is 9.63. The Labute approximate surface area is 199 Å². The van der Waals surface area contributed by atoms with Crippen molar-refractivity contribution in [3.8, 4) is 0 Å². The van der Waals surface area contributed by atoms with Crippen LogP contribution in [0.3, 0.4) is 0 Å². The van der Waals surface area contributed by atoms with E-state index in [0.29, 0.717) is 37.9 Å². The van der Waals surface area contributed by atoms with E-state index in [0.717, 1.165) is 12.5 Å². The summed E-state index contributed by atoms with van der Waals surface area (Å²) < 4.78 is 40.1. The lowest BCUT2D eigenvalue weighted by Crippen LogP contribution is -2.44. The molecule has 192 valence electrons. The molecule has 3 rings (SSSR count). The van der Waals surface area contributed by atoms with Gasteiger partial charge in [-0.3, -0.25) is 4.79 Å². The van der Waals surface area contributed by atoms with Gasteiger partial charge in [-0.05, 0) is 24.5 Å². The highest BCUT2D eigenvalue weighted by molar-refractivity contribution is 5.89. The van der Waals surface area contributed by atoms with Crippen LogP contribution in [0, 0.1) is 23.4 Å². The Morgan fingerprint density at radius 1 is 1.09 bits per heavy atom. The number of nitrogens with zero attached hydrogens (tertiary/aromatic N) is 2. The zero-order valence-electron chi connectivity index (χ0n) is 18.9. The van der Waals surface area contributed by atoms with Crippen LogP contribution in [0.4, 0.5) is 18.0 Å². The number of benzene rings is 1. The van der Waals surface area contributed by atoms with Gasteiger partial charge in [-0.2, -0.15) is 0 Å². The fourth-order valence-corrected chi connectivity index (χ4v) is 4.15. The van der Waals surface area contributed by atoms with Crippen LogP contribution in [-0.4, -0.2) is 82.7 Å². The molecule has 5 N–H and O–H groups in total. The zero-order chi connectivity index (χ0) is 26.3. The average molecular weight is 500 g/mol. The number of rotatable bonds is 6. The molecule has 2 saturated heterocycles. The normalized spacial score (nSPS) is 19.7. The van der Waals surface area contributed by atoms with Crippen molar-refractivity contribution in [3.05, 3.63) is 47.3 Å². The summed E-state index contributed by atoms with van der Waals surface area (Å²) in [6.07, 6.45) is 1.84. The number of carbonyl (C=O) groups excluding carboxylic acids is 2. The van der Waals surface area contributed by atoms with Gasteiger partial charge in [-0.25, -0.2) is 27.6 Å². The van der Waals surface area contributed by atoms with Crippen molar-refractivity contribution >= 4 is 23.9 Å². The first-order valence-electron chi connectivity index (χ1n) is 10.7. The van der Waals surface area contributed by atoms with Crippen LogP contribution in [0.5, 0.6) is 0 Å². The number of likely N-dealkylation sites (tertiary alicyclic amines) is 2. The quantitative estimate of drug-likeness (QED) is 0.335. The molecule has 2 heterocycles. The molecule has 2 aliphatic rings. The molecule has 1 aromatic carbocycles. The molecule has 1 unspecified atom stereocenters. The van der Waals surface area contributed by atoms with Gasteiger partial charge in [0.2, 0.25) is 5.91 Å². The van der Waals surface area contributed by atoms with Crippen LogP contribution >= 0.6 is 0 Å².